The topological polar surface area (TPSA) is 39.5 Å². The highest BCUT2D eigenvalue weighted by molar-refractivity contribution is 5.46. The van der Waals surface area contributed by atoms with E-state index in [0.29, 0.717) is 17.9 Å². The third-order valence-corrected chi connectivity index (χ3v) is 5.58. The Labute approximate surface area is 178 Å². The third-order valence-electron chi connectivity index (χ3n) is 5.58. The summed E-state index contributed by atoms with van der Waals surface area (Å²) in [5, 5.41) is 9.14. The van der Waals surface area contributed by atoms with Crippen molar-refractivity contribution < 1.29 is 4.74 Å². The fourth-order valence-electron chi connectivity index (χ4n) is 3.84. The lowest BCUT2D eigenvalue weighted by Gasteiger charge is -2.36. The molecule has 1 heterocycles. The predicted octanol–water partition coefficient (Wildman–Crippen LogP) is 4.50. The van der Waals surface area contributed by atoms with E-state index in [9.17, 15) is 0 Å². The van der Waals surface area contributed by atoms with Crippen LogP contribution < -0.4 is 9.64 Å². The van der Waals surface area contributed by atoms with Crippen molar-refractivity contribution in [2.24, 2.45) is 0 Å². The molecule has 1 aliphatic heterocycles. The van der Waals surface area contributed by atoms with E-state index in [1.165, 1.54) is 16.8 Å². The van der Waals surface area contributed by atoms with Crippen LogP contribution in [0.15, 0.2) is 78.9 Å². The number of hydrogen-bond acceptors (Lipinski definition) is 4. The molecule has 4 heteroatoms. The van der Waals surface area contributed by atoms with Crippen molar-refractivity contribution in [3.63, 3.8) is 0 Å². The molecule has 152 valence electrons. The molecule has 0 atom stereocenters. The minimum Gasteiger partial charge on any atom is -0.492 e. The lowest BCUT2D eigenvalue weighted by Crippen LogP contribution is -2.45. The number of benzene rings is 3. The Morgan fingerprint density at radius 3 is 2.17 bits per heavy atom. The summed E-state index contributed by atoms with van der Waals surface area (Å²) in [6, 6.07) is 29.0. The monoisotopic (exact) mass is 397 g/mol. The molecule has 1 saturated heterocycles. The predicted molar refractivity (Wildman–Crippen MR) is 121 cm³/mol. The van der Waals surface area contributed by atoms with Gasteiger partial charge in [0.25, 0.3) is 0 Å². The molecule has 1 aliphatic rings. The van der Waals surface area contributed by atoms with Crippen LogP contribution >= 0.6 is 0 Å². The third kappa shape index (κ3) is 5.20. The highest BCUT2D eigenvalue weighted by atomic mass is 16.5. The van der Waals surface area contributed by atoms with Crippen molar-refractivity contribution in [1.29, 1.82) is 5.26 Å². The Bertz CT molecular complexity index is 971. The second kappa shape index (κ2) is 9.96. The first-order valence-corrected chi connectivity index (χ1v) is 10.5. The van der Waals surface area contributed by atoms with E-state index < -0.39 is 0 Å². The van der Waals surface area contributed by atoms with Crippen molar-refractivity contribution in [1.82, 2.24) is 4.90 Å². The fraction of sp³-hybridized carbons (Fsp3) is 0.269. The van der Waals surface area contributed by atoms with Crippen molar-refractivity contribution in [2.75, 3.05) is 37.7 Å². The smallest absolute Gasteiger partial charge is 0.137 e. The first-order chi connectivity index (χ1) is 14.8. The summed E-state index contributed by atoms with van der Waals surface area (Å²) in [4.78, 5) is 4.99. The van der Waals surface area contributed by atoms with Crippen molar-refractivity contribution in [2.45, 2.75) is 13.0 Å². The SMILES string of the molecule is N#Cc1ccccc1OCCc1ccc(CN2CCN(c3ccccc3)CC2)cc1. The minimum atomic E-state index is 0.569. The normalized spacial score (nSPS) is 14.3. The Hall–Kier alpha value is -3.29. The number of ether oxygens (including phenoxy) is 1. The van der Waals surface area contributed by atoms with Gasteiger partial charge in [-0.3, -0.25) is 4.90 Å². The second-order valence-corrected chi connectivity index (χ2v) is 7.62. The minimum absolute atomic E-state index is 0.569. The summed E-state index contributed by atoms with van der Waals surface area (Å²) in [6.07, 6.45) is 0.829. The standard InChI is InChI=1S/C26H27N3O/c27-20-24-6-4-5-9-26(24)30-19-14-22-10-12-23(13-11-22)21-28-15-17-29(18-16-28)25-7-2-1-3-8-25/h1-13H,14-19,21H2. The van der Waals surface area contributed by atoms with Gasteiger partial charge in [-0.05, 0) is 35.4 Å². The van der Waals surface area contributed by atoms with Crippen LogP contribution in [-0.4, -0.2) is 37.7 Å². The van der Waals surface area contributed by atoms with E-state index >= 15 is 0 Å². The van der Waals surface area contributed by atoms with Crippen LogP contribution in [-0.2, 0) is 13.0 Å². The second-order valence-electron chi connectivity index (χ2n) is 7.62. The van der Waals surface area contributed by atoms with Gasteiger partial charge >= 0.3 is 0 Å². The molecule has 1 fully saturated rings. The highest BCUT2D eigenvalue weighted by Gasteiger charge is 2.17. The summed E-state index contributed by atoms with van der Waals surface area (Å²) in [5.74, 6) is 0.659. The zero-order chi connectivity index (χ0) is 20.6. The fourth-order valence-corrected chi connectivity index (χ4v) is 3.84. The molecule has 0 N–H and O–H groups in total. The molecule has 0 aromatic heterocycles. The Morgan fingerprint density at radius 1 is 0.767 bits per heavy atom. The van der Waals surface area contributed by atoms with Gasteiger partial charge in [-0.1, -0.05) is 54.6 Å². The lowest BCUT2D eigenvalue weighted by molar-refractivity contribution is 0.250. The van der Waals surface area contributed by atoms with Crippen LogP contribution in [0.25, 0.3) is 0 Å². The van der Waals surface area contributed by atoms with Gasteiger partial charge in [-0.15, -0.1) is 0 Å². The summed E-state index contributed by atoms with van der Waals surface area (Å²) in [6.45, 7) is 5.88. The molecule has 0 unspecified atom stereocenters. The molecule has 4 rings (SSSR count). The van der Waals surface area contributed by atoms with Gasteiger partial charge in [0.05, 0.1) is 12.2 Å². The van der Waals surface area contributed by atoms with Gasteiger partial charge in [0.2, 0.25) is 0 Å². The van der Waals surface area contributed by atoms with Crippen LogP contribution in [0.5, 0.6) is 5.75 Å². The van der Waals surface area contributed by atoms with Crippen LogP contribution in [0.3, 0.4) is 0 Å². The molecule has 0 bridgehead atoms. The number of nitrogens with zero attached hydrogens (tertiary/aromatic N) is 3. The molecule has 0 aliphatic carbocycles. The first-order valence-electron chi connectivity index (χ1n) is 10.5. The van der Waals surface area contributed by atoms with E-state index in [-0.39, 0.29) is 0 Å². The molecule has 0 radical (unpaired) electrons. The van der Waals surface area contributed by atoms with Crippen molar-refractivity contribution in [3.05, 3.63) is 95.6 Å². The van der Waals surface area contributed by atoms with Crippen LogP contribution in [0, 0.1) is 11.3 Å². The Kier molecular flexibility index (Phi) is 6.64. The van der Waals surface area contributed by atoms with Crippen LogP contribution in [0.4, 0.5) is 5.69 Å². The van der Waals surface area contributed by atoms with Crippen LogP contribution in [0.1, 0.15) is 16.7 Å². The van der Waals surface area contributed by atoms with Crippen molar-refractivity contribution in [3.8, 4) is 11.8 Å². The molecule has 30 heavy (non-hydrogen) atoms. The number of para-hydroxylation sites is 2. The molecule has 0 amide bonds. The van der Waals surface area contributed by atoms with E-state index in [1.807, 2.05) is 18.2 Å². The molecule has 3 aromatic rings. The molecular formula is C26H27N3O. The van der Waals surface area contributed by atoms with Gasteiger partial charge in [0.1, 0.15) is 11.8 Å². The molecule has 0 spiro atoms. The number of rotatable bonds is 7. The molecule has 4 nitrogen and oxygen atoms in total. The summed E-state index contributed by atoms with van der Waals surface area (Å²) in [5.41, 5.74) is 4.51. The highest BCUT2D eigenvalue weighted by Crippen LogP contribution is 2.18. The van der Waals surface area contributed by atoms with Crippen LogP contribution in [0.2, 0.25) is 0 Å². The summed E-state index contributed by atoms with van der Waals surface area (Å²) < 4.78 is 5.79. The van der Waals surface area contributed by atoms with Gasteiger partial charge in [0.15, 0.2) is 0 Å². The van der Waals surface area contributed by atoms with Gasteiger partial charge in [-0.25, -0.2) is 0 Å². The van der Waals surface area contributed by atoms with E-state index in [1.54, 1.807) is 6.07 Å². The zero-order valence-corrected chi connectivity index (χ0v) is 17.2. The number of anilines is 1. The maximum Gasteiger partial charge on any atom is 0.137 e. The first kappa shape index (κ1) is 20.0. The van der Waals surface area contributed by atoms with E-state index in [4.69, 9.17) is 10.00 Å². The maximum atomic E-state index is 9.14. The number of piperazine rings is 1. The zero-order valence-electron chi connectivity index (χ0n) is 17.2. The van der Waals surface area contributed by atoms with Gasteiger partial charge < -0.3 is 9.64 Å². The van der Waals surface area contributed by atoms with E-state index in [0.717, 1.165) is 39.1 Å². The van der Waals surface area contributed by atoms with Gasteiger partial charge in [-0.2, -0.15) is 5.26 Å². The van der Waals surface area contributed by atoms with Gasteiger partial charge in [0, 0.05) is 44.8 Å². The molecule has 3 aromatic carbocycles. The summed E-state index contributed by atoms with van der Waals surface area (Å²) in [7, 11) is 0. The lowest BCUT2D eigenvalue weighted by atomic mass is 10.1. The quantitative estimate of drug-likeness (QED) is 0.588. The Morgan fingerprint density at radius 2 is 1.43 bits per heavy atom. The van der Waals surface area contributed by atoms with E-state index in [2.05, 4.69) is 70.5 Å². The Balaban J connectivity index is 1.23. The summed E-state index contributed by atoms with van der Waals surface area (Å²) >= 11 is 0. The average molecular weight is 398 g/mol. The molecular weight excluding hydrogens is 370 g/mol. The largest absolute Gasteiger partial charge is 0.492 e. The number of nitriles is 1. The average Bonchev–Trinajstić information content (AvgIpc) is 2.82. The van der Waals surface area contributed by atoms with Crippen molar-refractivity contribution >= 4 is 5.69 Å². The maximum absolute atomic E-state index is 9.14. The number of hydrogen-bond donors (Lipinski definition) is 0. The molecule has 0 saturated carbocycles.